The molecule has 1 N–H and O–H groups in total. The maximum absolute atomic E-state index is 12.8. The number of rotatable bonds is 6. The molecule has 0 aliphatic heterocycles. The van der Waals surface area contributed by atoms with Crippen LogP contribution in [0.2, 0.25) is 0 Å². The first kappa shape index (κ1) is 16.8. The molecule has 0 aliphatic rings. The highest BCUT2D eigenvalue weighted by Crippen LogP contribution is 2.28. The minimum absolute atomic E-state index is 0.140. The summed E-state index contributed by atoms with van der Waals surface area (Å²) in [6.45, 7) is 2.27. The molecular weight excluding hydrogens is 297 g/mol. The Bertz CT molecular complexity index is 683. The van der Waals surface area contributed by atoms with E-state index >= 15 is 0 Å². The van der Waals surface area contributed by atoms with E-state index in [1.165, 1.54) is 12.1 Å². The van der Waals surface area contributed by atoms with Crippen molar-refractivity contribution in [3.63, 3.8) is 0 Å². The predicted octanol–water partition coefficient (Wildman–Crippen LogP) is 3.01. The lowest BCUT2D eigenvalue weighted by atomic mass is 10.1. The summed E-state index contributed by atoms with van der Waals surface area (Å²) in [5.41, 5.74) is 2.54. The Hall–Kier alpha value is -2.56. The number of nitrogens with one attached hydrogen (secondary N) is 1. The van der Waals surface area contributed by atoms with Crippen molar-refractivity contribution < 1.29 is 18.7 Å². The van der Waals surface area contributed by atoms with Crippen LogP contribution in [0.25, 0.3) is 0 Å². The van der Waals surface area contributed by atoms with Gasteiger partial charge in [-0.1, -0.05) is 12.1 Å². The fourth-order valence-electron chi connectivity index (χ4n) is 2.29. The molecule has 0 heterocycles. The van der Waals surface area contributed by atoms with Gasteiger partial charge in [0.25, 0.3) is 0 Å². The van der Waals surface area contributed by atoms with Crippen LogP contribution in [0.3, 0.4) is 0 Å². The van der Waals surface area contributed by atoms with Crippen LogP contribution >= 0.6 is 0 Å². The van der Waals surface area contributed by atoms with Crippen molar-refractivity contribution in [2.24, 2.45) is 0 Å². The van der Waals surface area contributed by atoms with E-state index in [-0.39, 0.29) is 18.1 Å². The first-order valence-electron chi connectivity index (χ1n) is 7.26. The van der Waals surface area contributed by atoms with Gasteiger partial charge in [0.2, 0.25) is 5.91 Å². The van der Waals surface area contributed by atoms with Crippen molar-refractivity contribution in [3.05, 3.63) is 58.9 Å². The van der Waals surface area contributed by atoms with Crippen molar-refractivity contribution in [2.45, 2.75) is 19.9 Å². The highest BCUT2D eigenvalue weighted by atomic mass is 19.1. The Balaban J connectivity index is 2.03. The van der Waals surface area contributed by atoms with Crippen LogP contribution in [-0.2, 0) is 17.8 Å². The number of benzene rings is 2. The Kier molecular flexibility index (Phi) is 5.57. The summed E-state index contributed by atoms with van der Waals surface area (Å²) in [7, 11) is 3.16. The molecule has 1 amide bonds. The molecule has 2 aromatic rings. The van der Waals surface area contributed by atoms with Gasteiger partial charge in [0.15, 0.2) is 0 Å². The highest BCUT2D eigenvalue weighted by molar-refractivity contribution is 5.79. The monoisotopic (exact) mass is 317 g/mol. The summed E-state index contributed by atoms with van der Waals surface area (Å²) < 4.78 is 23.5. The molecule has 122 valence electrons. The minimum atomic E-state index is -0.295. The second-order valence-electron chi connectivity index (χ2n) is 5.21. The first-order valence-corrected chi connectivity index (χ1v) is 7.26. The standard InChI is InChI=1S/C18H20FNO3/c1-12-8-17(23-3)14(9-16(12)22-2)10-18(21)20-11-13-4-6-15(19)7-5-13/h4-9H,10-11H2,1-3H3,(H,20,21). The molecule has 5 heteroatoms. The summed E-state index contributed by atoms with van der Waals surface area (Å²) in [6, 6.07) is 9.69. The molecule has 0 saturated heterocycles. The quantitative estimate of drug-likeness (QED) is 0.891. The van der Waals surface area contributed by atoms with Gasteiger partial charge >= 0.3 is 0 Å². The Morgan fingerprint density at radius 3 is 2.35 bits per heavy atom. The van der Waals surface area contributed by atoms with Crippen molar-refractivity contribution >= 4 is 5.91 Å². The number of carbonyl (C=O) groups excluding carboxylic acids is 1. The Labute approximate surface area is 135 Å². The number of aryl methyl sites for hydroxylation is 1. The van der Waals surface area contributed by atoms with Crippen LogP contribution < -0.4 is 14.8 Å². The summed E-state index contributed by atoms with van der Waals surface area (Å²) in [4.78, 5) is 12.1. The molecule has 4 nitrogen and oxygen atoms in total. The van der Waals surface area contributed by atoms with Gasteiger partial charge in [0.1, 0.15) is 17.3 Å². The third-order valence-corrected chi connectivity index (χ3v) is 3.55. The van der Waals surface area contributed by atoms with E-state index in [1.807, 2.05) is 19.1 Å². The van der Waals surface area contributed by atoms with Gasteiger partial charge in [-0.05, 0) is 42.3 Å². The normalized spacial score (nSPS) is 10.3. The van der Waals surface area contributed by atoms with Gasteiger partial charge in [0, 0.05) is 12.1 Å². The summed E-state index contributed by atoms with van der Waals surface area (Å²) in [5.74, 6) is 0.933. The number of amides is 1. The average molecular weight is 317 g/mol. The van der Waals surface area contributed by atoms with Crippen molar-refractivity contribution in [1.29, 1.82) is 0 Å². The highest BCUT2D eigenvalue weighted by Gasteiger charge is 2.12. The number of hydrogen-bond acceptors (Lipinski definition) is 3. The zero-order chi connectivity index (χ0) is 16.8. The topological polar surface area (TPSA) is 47.6 Å². The Morgan fingerprint density at radius 2 is 1.74 bits per heavy atom. The molecule has 0 fully saturated rings. The van der Waals surface area contributed by atoms with Gasteiger partial charge < -0.3 is 14.8 Å². The number of hydrogen-bond donors (Lipinski definition) is 1. The maximum Gasteiger partial charge on any atom is 0.224 e. The third-order valence-electron chi connectivity index (χ3n) is 3.55. The zero-order valence-electron chi connectivity index (χ0n) is 13.5. The minimum Gasteiger partial charge on any atom is -0.496 e. The fraction of sp³-hybridized carbons (Fsp3) is 0.278. The van der Waals surface area contributed by atoms with E-state index < -0.39 is 0 Å². The van der Waals surface area contributed by atoms with E-state index in [9.17, 15) is 9.18 Å². The second kappa shape index (κ2) is 7.63. The molecule has 2 aromatic carbocycles. The van der Waals surface area contributed by atoms with Gasteiger partial charge in [-0.15, -0.1) is 0 Å². The number of carbonyl (C=O) groups is 1. The molecule has 0 saturated carbocycles. The van der Waals surface area contributed by atoms with E-state index in [0.29, 0.717) is 18.0 Å². The lowest BCUT2D eigenvalue weighted by Gasteiger charge is -2.13. The largest absolute Gasteiger partial charge is 0.496 e. The van der Waals surface area contributed by atoms with Crippen LogP contribution in [0, 0.1) is 12.7 Å². The van der Waals surface area contributed by atoms with Crippen LogP contribution in [0.4, 0.5) is 4.39 Å². The molecule has 23 heavy (non-hydrogen) atoms. The number of methoxy groups -OCH3 is 2. The molecule has 0 aliphatic carbocycles. The van der Waals surface area contributed by atoms with E-state index in [2.05, 4.69) is 5.32 Å². The fourth-order valence-corrected chi connectivity index (χ4v) is 2.29. The van der Waals surface area contributed by atoms with Crippen LogP contribution in [0.1, 0.15) is 16.7 Å². The maximum atomic E-state index is 12.8. The Morgan fingerprint density at radius 1 is 1.09 bits per heavy atom. The molecule has 0 spiro atoms. The van der Waals surface area contributed by atoms with Gasteiger partial charge in [-0.25, -0.2) is 4.39 Å². The van der Waals surface area contributed by atoms with Gasteiger partial charge in [-0.2, -0.15) is 0 Å². The average Bonchev–Trinajstić information content (AvgIpc) is 2.55. The molecule has 2 rings (SSSR count). The molecule has 0 aromatic heterocycles. The summed E-state index contributed by atoms with van der Waals surface area (Å²) >= 11 is 0. The third kappa shape index (κ3) is 4.45. The van der Waals surface area contributed by atoms with Crippen molar-refractivity contribution in [3.8, 4) is 11.5 Å². The molecule has 0 atom stereocenters. The lowest BCUT2D eigenvalue weighted by Crippen LogP contribution is -2.24. The zero-order valence-corrected chi connectivity index (χ0v) is 13.5. The number of ether oxygens (including phenoxy) is 2. The number of halogens is 1. The van der Waals surface area contributed by atoms with Crippen molar-refractivity contribution in [2.75, 3.05) is 14.2 Å². The van der Waals surface area contributed by atoms with Gasteiger partial charge in [-0.3, -0.25) is 4.79 Å². The van der Waals surface area contributed by atoms with Gasteiger partial charge in [0.05, 0.1) is 20.6 Å². The van der Waals surface area contributed by atoms with E-state index in [1.54, 1.807) is 26.4 Å². The molecule has 0 bridgehead atoms. The smallest absolute Gasteiger partial charge is 0.224 e. The van der Waals surface area contributed by atoms with E-state index in [0.717, 1.165) is 16.7 Å². The summed E-state index contributed by atoms with van der Waals surface area (Å²) in [5, 5.41) is 2.81. The van der Waals surface area contributed by atoms with E-state index in [4.69, 9.17) is 9.47 Å². The molecule has 0 unspecified atom stereocenters. The SMILES string of the molecule is COc1cc(CC(=O)NCc2ccc(F)cc2)c(OC)cc1C. The second-order valence-corrected chi connectivity index (χ2v) is 5.21. The van der Waals surface area contributed by atoms with Crippen LogP contribution in [0.15, 0.2) is 36.4 Å². The van der Waals surface area contributed by atoms with Crippen LogP contribution in [-0.4, -0.2) is 20.1 Å². The molecular formula is C18H20FNO3. The lowest BCUT2D eigenvalue weighted by molar-refractivity contribution is -0.120. The molecule has 0 radical (unpaired) electrons. The van der Waals surface area contributed by atoms with Crippen molar-refractivity contribution in [1.82, 2.24) is 5.32 Å². The summed E-state index contributed by atoms with van der Waals surface area (Å²) in [6.07, 6.45) is 0.182. The van der Waals surface area contributed by atoms with Crippen LogP contribution in [0.5, 0.6) is 11.5 Å². The predicted molar refractivity (Wildman–Crippen MR) is 86.2 cm³/mol. The first-order chi connectivity index (χ1) is 11.0.